The molecule has 7 rings (SSSR count). The number of ether oxygens (including phenoxy) is 5. The van der Waals surface area contributed by atoms with Crippen molar-refractivity contribution in [3.05, 3.63) is 144 Å². The van der Waals surface area contributed by atoms with E-state index in [9.17, 15) is 14.9 Å². The average Bonchev–Trinajstić information content (AvgIpc) is 3.74. The van der Waals surface area contributed by atoms with Gasteiger partial charge in [-0.2, -0.15) is 5.26 Å². The first kappa shape index (κ1) is 32.4. The monoisotopic (exact) mass is 685 g/mol. The Hall–Kier alpha value is -6.12. The van der Waals surface area contributed by atoms with Crippen LogP contribution in [0, 0.1) is 11.3 Å². The van der Waals surface area contributed by atoms with E-state index < -0.39 is 12.0 Å². The smallest absolute Gasteiger partial charge is 0.338 e. The fourth-order valence-electron chi connectivity index (χ4n) is 5.90. The Morgan fingerprint density at radius 2 is 1.76 bits per heavy atom. The fourth-order valence-corrected chi connectivity index (χ4v) is 6.90. The van der Waals surface area contributed by atoms with E-state index in [2.05, 4.69) is 6.07 Å². The Morgan fingerprint density at radius 1 is 0.960 bits per heavy atom. The number of aromatic nitrogens is 1. The molecular weight excluding hydrogens is 655 g/mol. The molecular formula is C39H31N3O7S. The van der Waals surface area contributed by atoms with Crippen molar-refractivity contribution in [3.8, 4) is 29.1 Å². The third-order valence-corrected chi connectivity index (χ3v) is 9.16. The Balaban J connectivity index is 1.35. The molecule has 0 unspecified atom stereocenters. The van der Waals surface area contributed by atoms with E-state index >= 15 is 0 Å². The van der Waals surface area contributed by atoms with Crippen LogP contribution < -0.4 is 33.8 Å². The first-order valence-electron chi connectivity index (χ1n) is 16.0. The zero-order chi connectivity index (χ0) is 34.6. The van der Waals surface area contributed by atoms with Gasteiger partial charge < -0.3 is 23.7 Å². The van der Waals surface area contributed by atoms with Crippen LogP contribution in [0.5, 0.6) is 23.0 Å². The first-order chi connectivity index (χ1) is 24.5. The van der Waals surface area contributed by atoms with Gasteiger partial charge in [0.05, 0.1) is 46.7 Å². The molecule has 0 aliphatic carbocycles. The lowest BCUT2D eigenvalue weighted by Crippen LogP contribution is -2.40. The summed E-state index contributed by atoms with van der Waals surface area (Å²) in [7, 11) is 0. The summed E-state index contributed by atoms with van der Waals surface area (Å²) >= 11 is 1.22. The molecule has 0 N–H and O–H groups in total. The average molecular weight is 686 g/mol. The number of fused-ring (bicyclic) bond motifs is 2. The molecule has 0 bridgehead atoms. The van der Waals surface area contributed by atoms with E-state index in [0.717, 1.165) is 5.56 Å². The zero-order valence-corrected chi connectivity index (χ0v) is 28.1. The second-order valence-corrected chi connectivity index (χ2v) is 12.3. The minimum atomic E-state index is -0.858. The van der Waals surface area contributed by atoms with Crippen LogP contribution in [0.25, 0.3) is 11.8 Å². The van der Waals surface area contributed by atoms with Gasteiger partial charge in [-0.1, -0.05) is 72.0 Å². The van der Waals surface area contributed by atoms with Crippen LogP contribution in [0.15, 0.2) is 106 Å². The number of nitriles is 1. The van der Waals surface area contributed by atoms with Gasteiger partial charge in [-0.25, -0.2) is 9.79 Å². The molecule has 11 heteroatoms. The van der Waals surface area contributed by atoms with E-state index in [1.54, 1.807) is 41.8 Å². The largest absolute Gasteiger partial charge is 0.490 e. The van der Waals surface area contributed by atoms with Gasteiger partial charge in [-0.15, -0.1) is 0 Å². The van der Waals surface area contributed by atoms with Crippen LogP contribution in [0.1, 0.15) is 47.7 Å². The Morgan fingerprint density at radius 3 is 2.56 bits per heavy atom. The van der Waals surface area contributed by atoms with Crippen molar-refractivity contribution in [1.82, 2.24) is 4.57 Å². The molecule has 4 aromatic carbocycles. The highest BCUT2D eigenvalue weighted by atomic mass is 32.1. The highest BCUT2D eigenvalue weighted by molar-refractivity contribution is 7.07. The number of benzene rings is 4. The number of esters is 1. The SMILES string of the molecule is CCOC(=O)C1=C(c2ccccc2)N=c2s/c(=C/c3ccc(OCc4ccccc4C#N)c(OCC)c3)c(=O)n2[C@H]1c1ccc2c(c1)OCO2. The van der Waals surface area contributed by atoms with Gasteiger partial charge in [-0.05, 0) is 61.4 Å². The lowest BCUT2D eigenvalue weighted by molar-refractivity contribution is -0.138. The Bertz CT molecular complexity index is 2360. The molecule has 0 spiro atoms. The fraction of sp³-hybridized carbons (Fsp3) is 0.179. The molecule has 0 amide bonds. The molecule has 0 radical (unpaired) electrons. The number of hydrogen-bond acceptors (Lipinski definition) is 10. The minimum absolute atomic E-state index is 0.0815. The topological polar surface area (TPSA) is 121 Å². The molecule has 10 nitrogen and oxygen atoms in total. The second kappa shape index (κ2) is 14.2. The van der Waals surface area contributed by atoms with Crippen LogP contribution in [-0.4, -0.2) is 30.5 Å². The van der Waals surface area contributed by atoms with Gasteiger partial charge in [0.25, 0.3) is 5.56 Å². The Kier molecular flexibility index (Phi) is 9.18. The minimum Gasteiger partial charge on any atom is -0.490 e. The molecule has 5 aromatic rings. The van der Waals surface area contributed by atoms with Crippen LogP contribution in [-0.2, 0) is 16.1 Å². The molecule has 250 valence electrons. The maximum absolute atomic E-state index is 14.4. The summed E-state index contributed by atoms with van der Waals surface area (Å²) in [5, 5.41) is 9.47. The molecule has 50 heavy (non-hydrogen) atoms. The van der Waals surface area contributed by atoms with Crippen LogP contribution >= 0.6 is 11.3 Å². The molecule has 3 heterocycles. The normalized spacial score (nSPS) is 14.8. The maximum Gasteiger partial charge on any atom is 0.338 e. The summed E-state index contributed by atoms with van der Waals surface area (Å²) in [5.41, 5.74) is 3.72. The molecule has 1 aromatic heterocycles. The molecule has 2 aliphatic heterocycles. The summed E-state index contributed by atoms with van der Waals surface area (Å²) in [6.07, 6.45) is 1.77. The van der Waals surface area contributed by atoms with Gasteiger partial charge in [0, 0.05) is 11.1 Å². The third-order valence-electron chi connectivity index (χ3n) is 8.17. The van der Waals surface area contributed by atoms with Crippen molar-refractivity contribution in [2.75, 3.05) is 20.0 Å². The predicted molar refractivity (Wildman–Crippen MR) is 187 cm³/mol. The second-order valence-electron chi connectivity index (χ2n) is 11.2. The van der Waals surface area contributed by atoms with Gasteiger partial charge in [0.15, 0.2) is 27.8 Å². The van der Waals surface area contributed by atoms with E-state index in [4.69, 9.17) is 28.7 Å². The van der Waals surface area contributed by atoms with Crippen molar-refractivity contribution < 1.29 is 28.5 Å². The highest BCUT2D eigenvalue weighted by Gasteiger charge is 2.36. The molecule has 0 saturated carbocycles. The standard InChI is InChI=1S/C39H31N3O7S/c1-3-45-31-18-24(14-16-29(31)47-22-28-13-9-8-12-27(28)21-40)19-33-37(43)42-36(26-15-17-30-32(20-26)49-23-48-30)34(38(44)46-4-2)35(41-39(42)50-33)25-10-6-5-7-11-25/h5-20,36H,3-4,22-23H2,1-2H3/b33-19+/t36-/m0/s1. The Labute approximate surface area is 291 Å². The third kappa shape index (κ3) is 6.24. The summed E-state index contributed by atoms with van der Waals surface area (Å²) in [4.78, 5) is 33.5. The van der Waals surface area contributed by atoms with Crippen LogP contribution in [0.3, 0.4) is 0 Å². The maximum atomic E-state index is 14.4. The van der Waals surface area contributed by atoms with Crippen LogP contribution in [0.2, 0.25) is 0 Å². The van der Waals surface area contributed by atoms with E-state index in [0.29, 0.717) is 66.9 Å². The lowest BCUT2D eigenvalue weighted by atomic mass is 9.93. The van der Waals surface area contributed by atoms with Crippen molar-refractivity contribution in [2.45, 2.75) is 26.5 Å². The summed E-state index contributed by atoms with van der Waals surface area (Å²) in [5.74, 6) is 1.54. The van der Waals surface area contributed by atoms with Gasteiger partial charge in [-0.3, -0.25) is 9.36 Å². The highest BCUT2D eigenvalue weighted by Crippen LogP contribution is 2.40. The van der Waals surface area contributed by atoms with Crippen molar-refractivity contribution in [2.24, 2.45) is 4.99 Å². The van der Waals surface area contributed by atoms with Gasteiger partial charge >= 0.3 is 5.97 Å². The number of carbonyl (C=O) groups is 1. The van der Waals surface area contributed by atoms with Crippen molar-refractivity contribution >= 4 is 29.1 Å². The quantitative estimate of drug-likeness (QED) is 0.177. The number of nitrogens with zero attached hydrogens (tertiary/aromatic N) is 3. The van der Waals surface area contributed by atoms with E-state index in [-0.39, 0.29) is 31.1 Å². The predicted octanol–water partition coefficient (Wildman–Crippen LogP) is 5.51. The summed E-state index contributed by atoms with van der Waals surface area (Å²) < 4.78 is 30.7. The number of rotatable bonds is 10. The lowest BCUT2D eigenvalue weighted by Gasteiger charge is -2.26. The van der Waals surface area contributed by atoms with E-state index in [1.165, 1.54) is 11.3 Å². The molecule has 2 aliphatic rings. The van der Waals surface area contributed by atoms with Crippen molar-refractivity contribution in [1.29, 1.82) is 5.26 Å². The van der Waals surface area contributed by atoms with Gasteiger partial charge in [0.2, 0.25) is 6.79 Å². The zero-order valence-electron chi connectivity index (χ0n) is 27.3. The summed E-state index contributed by atoms with van der Waals surface area (Å²) in [6, 6.07) is 28.8. The van der Waals surface area contributed by atoms with Gasteiger partial charge in [0.1, 0.15) is 6.61 Å². The summed E-state index contributed by atoms with van der Waals surface area (Å²) in [6.45, 7) is 4.43. The number of hydrogen-bond donors (Lipinski definition) is 0. The van der Waals surface area contributed by atoms with Crippen LogP contribution in [0.4, 0.5) is 0 Å². The molecule has 0 saturated heterocycles. The van der Waals surface area contributed by atoms with E-state index in [1.807, 2.05) is 73.7 Å². The molecule has 1 atom stereocenters. The first-order valence-corrected chi connectivity index (χ1v) is 16.9. The number of carbonyl (C=O) groups excluding carboxylic acids is 1. The molecule has 0 fully saturated rings. The van der Waals surface area contributed by atoms with Crippen molar-refractivity contribution in [3.63, 3.8) is 0 Å². The number of thiazole rings is 1.